The summed E-state index contributed by atoms with van der Waals surface area (Å²) >= 11 is 5.87. The SMILES string of the molecule is CCC(C)NC(=O)CCNC(=O)c1cnccc1Cl. The molecule has 0 aliphatic carbocycles. The maximum Gasteiger partial charge on any atom is 0.254 e. The van der Waals surface area contributed by atoms with Crippen LogP contribution in [0, 0.1) is 0 Å². The normalized spacial score (nSPS) is 11.7. The molecule has 0 fully saturated rings. The number of carbonyl (C=O) groups is 2. The molecule has 1 rings (SSSR count). The predicted molar refractivity (Wildman–Crippen MR) is 74.1 cm³/mol. The van der Waals surface area contributed by atoms with E-state index in [1.54, 1.807) is 6.07 Å². The lowest BCUT2D eigenvalue weighted by molar-refractivity contribution is -0.121. The lowest BCUT2D eigenvalue weighted by Gasteiger charge is -2.11. The van der Waals surface area contributed by atoms with Crippen LogP contribution in [-0.4, -0.2) is 29.4 Å². The fourth-order valence-corrected chi connectivity index (χ4v) is 1.57. The molecule has 1 aromatic rings. The molecule has 0 saturated heterocycles. The molecule has 0 aliphatic heterocycles. The third-order valence-corrected chi connectivity index (χ3v) is 3.00. The molecule has 1 heterocycles. The van der Waals surface area contributed by atoms with Gasteiger partial charge in [0, 0.05) is 31.4 Å². The molecule has 104 valence electrons. The summed E-state index contributed by atoms with van der Waals surface area (Å²) in [6.45, 7) is 4.20. The van der Waals surface area contributed by atoms with Crippen molar-refractivity contribution in [2.75, 3.05) is 6.54 Å². The summed E-state index contributed by atoms with van der Waals surface area (Å²) in [4.78, 5) is 27.1. The van der Waals surface area contributed by atoms with Crippen LogP contribution in [0.2, 0.25) is 5.02 Å². The zero-order chi connectivity index (χ0) is 14.3. The average Bonchev–Trinajstić information content (AvgIpc) is 2.38. The molecule has 0 radical (unpaired) electrons. The van der Waals surface area contributed by atoms with E-state index in [9.17, 15) is 9.59 Å². The molecular formula is C13H18ClN3O2. The quantitative estimate of drug-likeness (QED) is 0.836. The number of halogens is 1. The first-order valence-corrected chi connectivity index (χ1v) is 6.59. The summed E-state index contributed by atoms with van der Waals surface area (Å²) in [6, 6.07) is 1.70. The Kier molecular flexibility index (Phi) is 6.29. The Bertz CT molecular complexity index is 451. The Labute approximate surface area is 117 Å². The third-order valence-electron chi connectivity index (χ3n) is 2.67. The van der Waals surface area contributed by atoms with Crippen LogP contribution in [0.4, 0.5) is 0 Å². The van der Waals surface area contributed by atoms with Crippen molar-refractivity contribution in [1.29, 1.82) is 0 Å². The number of amides is 2. The van der Waals surface area contributed by atoms with Gasteiger partial charge in [-0.3, -0.25) is 14.6 Å². The van der Waals surface area contributed by atoms with Crippen molar-refractivity contribution in [3.63, 3.8) is 0 Å². The zero-order valence-corrected chi connectivity index (χ0v) is 11.8. The second-order valence-electron chi connectivity index (χ2n) is 4.24. The summed E-state index contributed by atoms with van der Waals surface area (Å²) in [5.41, 5.74) is 0.312. The van der Waals surface area contributed by atoms with Gasteiger partial charge in [-0.25, -0.2) is 0 Å². The standard InChI is InChI=1S/C13H18ClN3O2/c1-3-9(2)17-12(18)5-7-16-13(19)10-8-15-6-4-11(10)14/h4,6,8-9H,3,5,7H2,1-2H3,(H,16,19)(H,17,18). The highest BCUT2D eigenvalue weighted by molar-refractivity contribution is 6.33. The highest BCUT2D eigenvalue weighted by Gasteiger charge is 2.11. The van der Waals surface area contributed by atoms with Gasteiger partial charge >= 0.3 is 0 Å². The fraction of sp³-hybridized carbons (Fsp3) is 0.462. The molecular weight excluding hydrogens is 266 g/mol. The van der Waals surface area contributed by atoms with Crippen LogP contribution in [0.25, 0.3) is 0 Å². The van der Waals surface area contributed by atoms with Gasteiger partial charge in [-0.15, -0.1) is 0 Å². The fourth-order valence-electron chi connectivity index (χ4n) is 1.38. The lowest BCUT2D eigenvalue weighted by atomic mass is 10.2. The van der Waals surface area contributed by atoms with Gasteiger partial charge in [0.15, 0.2) is 0 Å². The Morgan fingerprint density at radius 1 is 1.47 bits per heavy atom. The largest absolute Gasteiger partial charge is 0.354 e. The average molecular weight is 284 g/mol. The first-order valence-electron chi connectivity index (χ1n) is 6.21. The van der Waals surface area contributed by atoms with Crippen LogP contribution in [0.1, 0.15) is 37.0 Å². The van der Waals surface area contributed by atoms with E-state index < -0.39 is 0 Å². The van der Waals surface area contributed by atoms with Crippen molar-refractivity contribution in [1.82, 2.24) is 15.6 Å². The van der Waals surface area contributed by atoms with Gasteiger partial charge in [0.2, 0.25) is 5.91 Å². The second-order valence-corrected chi connectivity index (χ2v) is 4.65. The molecule has 6 heteroatoms. The van der Waals surface area contributed by atoms with Crippen LogP contribution in [-0.2, 0) is 4.79 Å². The lowest BCUT2D eigenvalue weighted by Crippen LogP contribution is -2.35. The van der Waals surface area contributed by atoms with Crippen LogP contribution < -0.4 is 10.6 Å². The molecule has 2 N–H and O–H groups in total. The summed E-state index contributed by atoms with van der Waals surface area (Å²) < 4.78 is 0. The van der Waals surface area contributed by atoms with E-state index in [0.29, 0.717) is 10.6 Å². The third kappa shape index (κ3) is 5.26. The molecule has 0 aliphatic rings. The van der Waals surface area contributed by atoms with Crippen molar-refractivity contribution >= 4 is 23.4 Å². The van der Waals surface area contributed by atoms with E-state index >= 15 is 0 Å². The van der Waals surface area contributed by atoms with Crippen LogP contribution in [0.3, 0.4) is 0 Å². The van der Waals surface area contributed by atoms with E-state index in [4.69, 9.17) is 11.6 Å². The Morgan fingerprint density at radius 2 is 2.21 bits per heavy atom. The summed E-state index contributed by atoms with van der Waals surface area (Å²) in [5.74, 6) is -0.402. The predicted octanol–water partition coefficient (Wildman–Crippen LogP) is 1.77. The molecule has 0 spiro atoms. The van der Waals surface area contributed by atoms with Crippen molar-refractivity contribution in [3.05, 3.63) is 29.0 Å². The van der Waals surface area contributed by atoms with Gasteiger partial charge in [0.05, 0.1) is 10.6 Å². The maximum absolute atomic E-state index is 11.8. The molecule has 0 bridgehead atoms. The first kappa shape index (κ1) is 15.4. The minimum absolute atomic E-state index is 0.0769. The van der Waals surface area contributed by atoms with Gasteiger partial charge in [-0.1, -0.05) is 18.5 Å². The topological polar surface area (TPSA) is 71.1 Å². The van der Waals surface area contributed by atoms with E-state index in [1.807, 2.05) is 13.8 Å². The maximum atomic E-state index is 11.8. The molecule has 1 aromatic heterocycles. The number of nitrogens with zero attached hydrogens (tertiary/aromatic N) is 1. The number of nitrogens with one attached hydrogen (secondary N) is 2. The summed E-state index contributed by atoms with van der Waals surface area (Å²) in [5, 5.41) is 5.81. The van der Waals surface area contributed by atoms with E-state index in [1.165, 1.54) is 12.4 Å². The molecule has 1 unspecified atom stereocenters. The number of hydrogen-bond acceptors (Lipinski definition) is 3. The van der Waals surface area contributed by atoms with Crippen molar-refractivity contribution in [2.24, 2.45) is 0 Å². The Balaban J connectivity index is 2.36. The molecule has 0 aromatic carbocycles. The molecule has 1 atom stereocenters. The van der Waals surface area contributed by atoms with Gasteiger partial charge in [-0.2, -0.15) is 0 Å². The van der Waals surface area contributed by atoms with Gasteiger partial charge in [-0.05, 0) is 19.4 Å². The van der Waals surface area contributed by atoms with Gasteiger partial charge < -0.3 is 10.6 Å². The smallest absolute Gasteiger partial charge is 0.254 e. The van der Waals surface area contributed by atoms with Crippen molar-refractivity contribution < 1.29 is 9.59 Å². The number of hydrogen-bond donors (Lipinski definition) is 2. The number of pyridine rings is 1. The van der Waals surface area contributed by atoms with Crippen LogP contribution in [0.5, 0.6) is 0 Å². The monoisotopic (exact) mass is 283 g/mol. The molecule has 19 heavy (non-hydrogen) atoms. The zero-order valence-electron chi connectivity index (χ0n) is 11.1. The van der Waals surface area contributed by atoms with Crippen molar-refractivity contribution in [3.8, 4) is 0 Å². The van der Waals surface area contributed by atoms with Crippen LogP contribution >= 0.6 is 11.6 Å². The minimum Gasteiger partial charge on any atom is -0.354 e. The van der Waals surface area contributed by atoms with Gasteiger partial charge in [0.25, 0.3) is 5.91 Å². The van der Waals surface area contributed by atoms with Crippen LogP contribution in [0.15, 0.2) is 18.5 Å². The highest BCUT2D eigenvalue weighted by atomic mass is 35.5. The Hall–Kier alpha value is -1.62. The van der Waals surface area contributed by atoms with E-state index in [0.717, 1.165) is 6.42 Å². The van der Waals surface area contributed by atoms with Crippen molar-refractivity contribution in [2.45, 2.75) is 32.7 Å². The molecule has 5 nitrogen and oxygen atoms in total. The highest BCUT2D eigenvalue weighted by Crippen LogP contribution is 2.12. The molecule has 0 saturated carbocycles. The summed E-state index contributed by atoms with van der Waals surface area (Å²) in [6.07, 6.45) is 4.03. The summed E-state index contributed by atoms with van der Waals surface area (Å²) in [7, 11) is 0. The Morgan fingerprint density at radius 3 is 2.84 bits per heavy atom. The number of rotatable bonds is 6. The van der Waals surface area contributed by atoms with E-state index in [2.05, 4.69) is 15.6 Å². The molecule has 2 amide bonds. The number of aromatic nitrogens is 1. The second kappa shape index (κ2) is 7.74. The first-order chi connectivity index (χ1) is 9.04. The van der Waals surface area contributed by atoms with Gasteiger partial charge in [0.1, 0.15) is 0 Å². The minimum atomic E-state index is -0.325. The van der Waals surface area contributed by atoms with E-state index in [-0.39, 0.29) is 30.8 Å². The number of carbonyl (C=O) groups excluding carboxylic acids is 2.